The van der Waals surface area contributed by atoms with Crippen LogP contribution in [0, 0.1) is 5.92 Å². The minimum absolute atomic E-state index is 0.0930. The average Bonchev–Trinajstić information content (AvgIpc) is 2.64. The molecule has 1 aliphatic rings. The Morgan fingerprint density at radius 1 is 1.56 bits per heavy atom. The van der Waals surface area contributed by atoms with Gasteiger partial charge in [0.05, 0.1) is 19.1 Å². The van der Waals surface area contributed by atoms with E-state index in [9.17, 15) is 9.59 Å². The number of hydrogen-bond acceptors (Lipinski definition) is 4. The van der Waals surface area contributed by atoms with Crippen molar-refractivity contribution >= 4 is 11.8 Å². The Labute approximate surface area is 94.9 Å². The maximum absolute atomic E-state index is 11.8. The number of primary amides is 1. The van der Waals surface area contributed by atoms with Crippen LogP contribution in [0.5, 0.6) is 0 Å². The number of carbonyl (C=O) groups excluding carboxylic acids is 2. The zero-order valence-electron chi connectivity index (χ0n) is 9.52. The van der Waals surface area contributed by atoms with E-state index in [0.29, 0.717) is 25.6 Å². The molecule has 0 saturated carbocycles. The monoisotopic (exact) mass is 229 g/mol. The molecule has 2 amide bonds. The van der Waals surface area contributed by atoms with Crippen LogP contribution in [0.15, 0.2) is 0 Å². The third-order valence-electron chi connectivity index (χ3n) is 2.74. The second kappa shape index (κ2) is 5.81. The van der Waals surface area contributed by atoms with Crippen molar-refractivity contribution in [2.75, 3.05) is 26.8 Å². The number of hydrogen-bond donors (Lipinski definition) is 2. The number of ether oxygens (including phenoxy) is 1. The van der Waals surface area contributed by atoms with Crippen LogP contribution in [-0.2, 0) is 14.3 Å². The summed E-state index contributed by atoms with van der Waals surface area (Å²) in [5.74, 6) is -0.374. The smallest absolute Gasteiger partial charge is 0.240 e. The average molecular weight is 229 g/mol. The van der Waals surface area contributed by atoms with Crippen LogP contribution in [0.4, 0.5) is 0 Å². The third kappa shape index (κ3) is 3.46. The molecule has 1 saturated heterocycles. The van der Waals surface area contributed by atoms with E-state index in [1.54, 1.807) is 12.0 Å². The highest BCUT2D eigenvalue weighted by atomic mass is 16.5. The van der Waals surface area contributed by atoms with Crippen molar-refractivity contribution < 1.29 is 14.3 Å². The third-order valence-corrected chi connectivity index (χ3v) is 2.74. The Balaban J connectivity index is 2.41. The fraction of sp³-hybridized carbons (Fsp3) is 0.800. The summed E-state index contributed by atoms with van der Waals surface area (Å²) in [4.78, 5) is 24.1. The molecule has 0 aromatic rings. The van der Waals surface area contributed by atoms with Gasteiger partial charge in [0.15, 0.2) is 0 Å². The van der Waals surface area contributed by atoms with E-state index in [4.69, 9.17) is 16.2 Å². The van der Waals surface area contributed by atoms with Crippen molar-refractivity contribution in [3.63, 3.8) is 0 Å². The number of amides is 2. The van der Waals surface area contributed by atoms with Crippen LogP contribution >= 0.6 is 0 Å². The lowest BCUT2D eigenvalue weighted by atomic mass is 10.1. The highest BCUT2D eigenvalue weighted by molar-refractivity contribution is 5.87. The van der Waals surface area contributed by atoms with Gasteiger partial charge in [-0.1, -0.05) is 0 Å². The minimum Gasteiger partial charge on any atom is -0.384 e. The summed E-state index contributed by atoms with van der Waals surface area (Å²) in [6.07, 6.45) is 0.827. The van der Waals surface area contributed by atoms with Crippen LogP contribution in [0.3, 0.4) is 0 Å². The van der Waals surface area contributed by atoms with Crippen molar-refractivity contribution in [1.82, 2.24) is 4.90 Å². The van der Waals surface area contributed by atoms with Gasteiger partial charge in [-0.15, -0.1) is 0 Å². The summed E-state index contributed by atoms with van der Waals surface area (Å²) in [5.41, 5.74) is 10.6. The van der Waals surface area contributed by atoms with E-state index in [1.807, 2.05) is 0 Å². The molecular weight excluding hydrogens is 210 g/mol. The molecule has 1 aliphatic heterocycles. The van der Waals surface area contributed by atoms with Gasteiger partial charge in [-0.05, 0) is 6.42 Å². The van der Waals surface area contributed by atoms with Crippen LogP contribution in [0.1, 0.15) is 12.8 Å². The lowest BCUT2D eigenvalue weighted by Crippen LogP contribution is -2.44. The molecule has 16 heavy (non-hydrogen) atoms. The highest BCUT2D eigenvalue weighted by Crippen LogP contribution is 2.17. The topological polar surface area (TPSA) is 98.7 Å². The zero-order chi connectivity index (χ0) is 12.1. The molecule has 0 spiro atoms. The minimum atomic E-state index is -0.807. The molecule has 0 aromatic heterocycles. The molecule has 0 aliphatic carbocycles. The number of nitrogens with two attached hydrogens (primary N) is 2. The SMILES string of the molecule is COCC1CCN(C(=O)C(N)CC(N)=O)C1. The van der Waals surface area contributed by atoms with Gasteiger partial charge in [0.1, 0.15) is 0 Å². The first kappa shape index (κ1) is 12.9. The summed E-state index contributed by atoms with van der Waals surface area (Å²) < 4.78 is 5.04. The van der Waals surface area contributed by atoms with Crippen LogP contribution in [0.25, 0.3) is 0 Å². The van der Waals surface area contributed by atoms with Crippen molar-refractivity contribution in [1.29, 1.82) is 0 Å². The van der Waals surface area contributed by atoms with Gasteiger partial charge in [0, 0.05) is 26.1 Å². The fourth-order valence-corrected chi connectivity index (χ4v) is 1.94. The summed E-state index contributed by atoms with van der Waals surface area (Å²) >= 11 is 0. The Kier molecular flexibility index (Phi) is 4.70. The van der Waals surface area contributed by atoms with Gasteiger partial charge < -0.3 is 21.1 Å². The van der Waals surface area contributed by atoms with E-state index in [0.717, 1.165) is 6.42 Å². The van der Waals surface area contributed by atoms with Gasteiger partial charge in [-0.25, -0.2) is 0 Å². The van der Waals surface area contributed by atoms with Gasteiger partial charge >= 0.3 is 0 Å². The van der Waals surface area contributed by atoms with Gasteiger partial charge in [-0.3, -0.25) is 9.59 Å². The number of likely N-dealkylation sites (tertiary alicyclic amines) is 1. The predicted octanol–water partition coefficient (Wildman–Crippen LogP) is -1.32. The van der Waals surface area contributed by atoms with Crippen LogP contribution < -0.4 is 11.5 Å². The van der Waals surface area contributed by atoms with Crippen molar-refractivity contribution in [2.45, 2.75) is 18.9 Å². The number of carbonyl (C=O) groups is 2. The summed E-state index contributed by atoms with van der Waals surface area (Å²) in [6, 6.07) is -0.807. The molecule has 2 atom stereocenters. The van der Waals surface area contributed by atoms with E-state index in [2.05, 4.69) is 0 Å². The molecule has 0 aromatic carbocycles. The van der Waals surface area contributed by atoms with E-state index in [-0.39, 0.29) is 12.3 Å². The molecular formula is C10H19N3O3. The van der Waals surface area contributed by atoms with E-state index in [1.165, 1.54) is 0 Å². The van der Waals surface area contributed by atoms with Gasteiger partial charge in [0.25, 0.3) is 0 Å². The molecule has 0 bridgehead atoms. The maximum Gasteiger partial charge on any atom is 0.240 e. The van der Waals surface area contributed by atoms with Crippen LogP contribution in [0.2, 0.25) is 0 Å². The fourth-order valence-electron chi connectivity index (χ4n) is 1.94. The lowest BCUT2D eigenvalue weighted by Gasteiger charge is -2.20. The normalized spacial score (nSPS) is 22.1. The molecule has 0 radical (unpaired) electrons. The van der Waals surface area contributed by atoms with Crippen molar-refractivity contribution in [3.8, 4) is 0 Å². The Bertz CT molecular complexity index is 270. The predicted molar refractivity (Wildman–Crippen MR) is 58.3 cm³/mol. The lowest BCUT2D eigenvalue weighted by molar-refractivity contribution is -0.133. The number of methoxy groups -OCH3 is 1. The molecule has 6 heteroatoms. The van der Waals surface area contributed by atoms with E-state index < -0.39 is 11.9 Å². The standard InChI is InChI=1S/C10H19N3O3/c1-16-6-7-2-3-13(5-7)10(15)8(11)4-9(12)14/h7-8H,2-6,11H2,1H3,(H2,12,14). The van der Waals surface area contributed by atoms with Crippen LogP contribution in [-0.4, -0.2) is 49.6 Å². The maximum atomic E-state index is 11.8. The van der Waals surface area contributed by atoms with Gasteiger partial charge in [0.2, 0.25) is 11.8 Å². The molecule has 1 fully saturated rings. The molecule has 1 rings (SSSR count). The largest absolute Gasteiger partial charge is 0.384 e. The zero-order valence-corrected chi connectivity index (χ0v) is 9.52. The van der Waals surface area contributed by atoms with Crippen molar-refractivity contribution in [3.05, 3.63) is 0 Å². The van der Waals surface area contributed by atoms with Gasteiger partial charge in [-0.2, -0.15) is 0 Å². The summed E-state index contributed by atoms with van der Waals surface area (Å²) in [5, 5.41) is 0. The Morgan fingerprint density at radius 2 is 2.25 bits per heavy atom. The van der Waals surface area contributed by atoms with Crippen molar-refractivity contribution in [2.24, 2.45) is 17.4 Å². The molecule has 1 heterocycles. The highest BCUT2D eigenvalue weighted by Gasteiger charge is 2.29. The second-order valence-corrected chi connectivity index (χ2v) is 4.17. The first-order valence-corrected chi connectivity index (χ1v) is 5.36. The number of rotatable bonds is 5. The molecule has 6 nitrogen and oxygen atoms in total. The Hall–Kier alpha value is -1.14. The first-order chi connectivity index (χ1) is 7.54. The molecule has 92 valence electrons. The second-order valence-electron chi connectivity index (χ2n) is 4.17. The molecule has 2 unspecified atom stereocenters. The Morgan fingerprint density at radius 3 is 2.81 bits per heavy atom. The summed E-state index contributed by atoms with van der Waals surface area (Å²) in [6.45, 7) is 1.98. The number of nitrogens with zero attached hydrogens (tertiary/aromatic N) is 1. The molecule has 4 N–H and O–H groups in total. The quantitative estimate of drug-likeness (QED) is 0.611. The van der Waals surface area contributed by atoms with E-state index >= 15 is 0 Å². The summed E-state index contributed by atoms with van der Waals surface area (Å²) in [7, 11) is 1.64. The first-order valence-electron chi connectivity index (χ1n) is 5.36.